The number of likely N-dealkylation sites (N-methyl/N-ethyl adjacent to an activating group) is 2. The van der Waals surface area contributed by atoms with E-state index in [-0.39, 0.29) is 0 Å². The maximum absolute atomic E-state index is 3.60. The largest absolute Gasteiger partial charge is 0.313 e. The van der Waals surface area contributed by atoms with Crippen molar-refractivity contribution in [2.45, 2.75) is 51.7 Å². The third-order valence-electron chi connectivity index (χ3n) is 3.66. The first kappa shape index (κ1) is 13.9. The summed E-state index contributed by atoms with van der Waals surface area (Å²) in [6, 6.07) is 2.09. The molecule has 1 fully saturated rings. The van der Waals surface area contributed by atoms with Gasteiger partial charge in [0.25, 0.3) is 0 Å². The lowest BCUT2D eigenvalue weighted by Crippen LogP contribution is -2.53. The normalized spacial score (nSPS) is 28.7. The fourth-order valence-electron chi connectivity index (χ4n) is 2.83. The van der Waals surface area contributed by atoms with E-state index in [1.165, 1.54) is 12.8 Å². The van der Waals surface area contributed by atoms with Crippen LogP contribution in [0.5, 0.6) is 0 Å². The number of nitrogens with one attached hydrogen (secondary N) is 1. The van der Waals surface area contributed by atoms with E-state index in [4.69, 9.17) is 0 Å². The molecule has 3 atom stereocenters. The molecule has 0 aromatic rings. The van der Waals surface area contributed by atoms with Crippen molar-refractivity contribution in [2.75, 3.05) is 33.7 Å². The van der Waals surface area contributed by atoms with Gasteiger partial charge in [-0.25, -0.2) is 0 Å². The van der Waals surface area contributed by atoms with Gasteiger partial charge in [-0.1, -0.05) is 6.92 Å². The first-order valence-corrected chi connectivity index (χ1v) is 6.68. The van der Waals surface area contributed by atoms with Gasteiger partial charge in [-0.05, 0) is 47.3 Å². The molecule has 16 heavy (non-hydrogen) atoms. The van der Waals surface area contributed by atoms with Crippen LogP contribution in [0.3, 0.4) is 0 Å². The van der Waals surface area contributed by atoms with Crippen LogP contribution >= 0.6 is 0 Å². The van der Waals surface area contributed by atoms with E-state index in [1.807, 2.05) is 0 Å². The average Bonchev–Trinajstić information content (AvgIpc) is 2.21. The summed E-state index contributed by atoms with van der Waals surface area (Å²) in [6.45, 7) is 10.4. The highest BCUT2D eigenvalue weighted by Crippen LogP contribution is 2.16. The molecular formula is C13H29N3. The Kier molecular flexibility index (Phi) is 5.73. The van der Waals surface area contributed by atoms with Crippen LogP contribution < -0.4 is 5.32 Å². The van der Waals surface area contributed by atoms with Gasteiger partial charge < -0.3 is 10.2 Å². The third-order valence-corrected chi connectivity index (χ3v) is 3.66. The molecule has 1 saturated heterocycles. The lowest BCUT2D eigenvalue weighted by atomic mass is 9.99. The fourth-order valence-corrected chi connectivity index (χ4v) is 2.83. The van der Waals surface area contributed by atoms with Gasteiger partial charge in [0, 0.05) is 31.2 Å². The molecular weight excluding hydrogens is 198 g/mol. The van der Waals surface area contributed by atoms with Crippen molar-refractivity contribution in [1.82, 2.24) is 15.1 Å². The Hall–Kier alpha value is -0.120. The van der Waals surface area contributed by atoms with Gasteiger partial charge in [0.05, 0.1) is 0 Å². The maximum atomic E-state index is 3.60. The first-order valence-electron chi connectivity index (χ1n) is 6.68. The van der Waals surface area contributed by atoms with E-state index >= 15 is 0 Å². The minimum Gasteiger partial charge on any atom is -0.313 e. The molecule has 0 aromatic heterocycles. The highest BCUT2D eigenvalue weighted by Gasteiger charge is 2.25. The molecule has 0 aliphatic carbocycles. The highest BCUT2D eigenvalue weighted by atomic mass is 15.2. The number of hydrogen-bond acceptors (Lipinski definition) is 3. The molecule has 3 nitrogen and oxygen atoms in total. The second-order valence-electron chi connectivity index (χ2n) is 5.48. The Morgan fingerprint density at radius 3 is 2.44 bits per heavy atom. The highest BCUT2D eigenvalue weighted by molar-refractivity contribution is 4.84. The van der Waals surface area contributed by atoms with Crippen molar-refractivity contribution in [1.29, 1.82) is 0 Å². The lowest BCUT2D eigenvalue weighted by molar-refractivity contribution is 0.102. The van der Waals surface area contributed by atoms with Crippen LogP contribution in [0, 0.1) is 0 Å². The Morgan fingerprint density at radius 1 is 1.31 bits per heavy atom. The summed E-state index contributed by atoms with van der Waals surface area (Å²) in [5, 5.41) is 3.60. The van der Waals surface area contributed by atoms with Crippen LogP contribution in [0.1, 0.15) is 33.6 Å². The van der Waals surface area contributed by atoms with Crippen LogP contribution in [-0.2, 0) is 0 Å². The van der Waals surface area contributed by atoms with E-state index in [1.54, 1.807) is 0 Å². The van der Waals surface area contributed by atoms with E-state index in [0.29, 0.717) is 12.1 Å². The summed E-state index contributed by atoms with van der Waals surface area (Å²) in [5.41, 5.74) is 0. The van der Waals surface area contributed by atoms with E-state index in [2.05, 4.69) is 50.0 Å². The van der Waals surface area contributed by atoms with Crippen molar-refractivity contribution < 1.29 is 0 Å². The van der Waals surface area contributed by atoms with E-state index in [9.17, 15) is 0 Å². The van der Waals surface area contributed by atoms with Gasteiger partial charge in [-0.3, -0.25) is 4.90 Å². The zero-order valence-corrected chi connectivity index (χ0v) is 11.7. The van der Waals surface area contributed by atoms with Crippen molar-refractivity contribution in [3.8, 4) is 0 Å². The molecule has 0 bridgehead atoms. The van der Waals surface area contributed by atoms with Gasteiger partial charge in [0.15, 0.2) is 0 Å². The number of piperidine rings is 1. The maximum Gasteiger partial charge on any atom is 0.0224 e. The summed E-state index contributed by atoms with van der Waals surface area (Å²) in [7, 11) is 4.32. The molecule has 3 unspecified atom stereocenters. The Labute approximate surface area is 101 Å². The molecule has 0 amide bonds. The summed E-state index contributed by atoms with van der Waals surface area (Å²) in [4.78, 5) is 4.94. The Balaban J connectivity index is 2.46. The number of nitrogens with zero attached hydrogens (tertiary/aromatic N) is 2. The molecule has 1 heterocycles. The predicted molar refractivity (Wildman–Crippen MR) is 70.9 cm³/mol. The number of rotatable bonds is 5. The van der Waals surface area contributed by atoms with Crippen molar-refractivity contribution in [3.05, 3.63) is 0 Å². The predicted octanol–water partition coefficient (Wildman–Crippen LogP) is 1.40. The molecule has 96 valence electrons. The second-order valence-corrected chi connectivity index (χ2v) is 5.48. The van der Waals surface area contributed by atoms with Crippen LogP contribution in [0.15, 0.2) is 0 Å². The van der Waals surface area contributed by atoms with Crippen LogP contribution in [-0.4, -0.2) is 61.7 Å². The standard InChI is InChI=1S/C13H29N3/c1-6-16(12(3)10-15(4)5)13-8-7-11(2)14-9-13/h11-14H,6-10H2,1-5H3. The Morgan fingerprint density at radius 2 is 2.00 bits per heavy atom. The average molecular weight is 227 g/mol. The van der Waals surface area contributed by atoms with Crippen LogP contribution in [0.4, 0.5) is 0 Å². The summed E-state index contributed by atoms with van der Waals surface area (Å²) in [5.74, 6) is 0. The smallest absolute Gasteiger partial charge is 0.0224 e. The van der Waals surface area contributed by atoms with Gasteiger partial charge >= 0.3 is 0 Å². The van der Waals surface area contributed by atoms with Crippen molar-refractivity contribution in [2.24, 2.45) is 0 Å². The summed E-state index contributed by atoms with van der Waals surface area (Å²) < 4.78 is 0. The van der Waals surface area contributed by atoms with E-state index < -0.39 is 0 Å². The minimum atomic E-state index is 0.653. The molecule has 1 aliphatic rings. The Bertz CT molecular complexity index is 186. The van der Waals surface area contributed by atoms with Gasteiger partial charge in [0.1, 0.15) is 0 Å². The molecule has 0 aromatic carbocycles. The van der Waals surface area contributed by atoms with Crippen molar-refractivity contribution >= 4 is 0 Å². The zero-order chi connectivity index (χ0) is 12.1. The molecule has 0 spiro atoms. The van der Waals surface area contributed by atoms with Gasteiger partial charge in [-0.15, -0.1) is 0 Å². The van der Waals surface area contributed by atoms with Gasteiger partial charge in [0.2, 0.25) is 0 Å². The molecule has 0 saturated carbocycles. The summed E-state index contributed by atoms with van der Waals surface area (Å²) >= 11 is 0. The molecule has 1 rings (SSSR count). The molecule has 0 radical (unpaired) electrons. The molecule has 3 heteroatoms. The minimum absolute atomic E-state index is 0.653. The fraction of sp³-hybridized carbons (Fsp3) is 1.00. The van der Waals surface area contributed by atoms with E-state index in [0.717, 1.165) is 25.7 Å². The van der Waals surface area contributed by atoms with Crippen LogP contribution in [0.25, 0.3) is 0 Å². The topological polar surface area (TPSA) is 18.5 Å². The second kappa shape index (κ2) is 6.58. The monoisotopic (exact) mass is 227 g/mol. The summed E-state index contributed by atoms with van der Waals surface area (Å²) in [6.07, 6.45) is 2.66. The zero-order valence-electron chi connectivity index (χ0n) is 11.7. The van der Waals surface area contributed by atoms with Crippen LogP contribution in [0.2, 0.25) is 0 Å². The third kappa shape index (κ3) is 4.04. The SMILES string of the molecule is CCN(C(C)CN(C)C)C1CCC(C)NC1. The quantitative estimate of drug-likeness (QED) is 0.766. The first-order chi connectivity index (χ1) is 7.54. The molecule has 1 aliphatic heterocycles. The lowest BCUT2D eigenvalue weighted by Gasteiger charge is -2.40. The van der Waals surface area contributed by atoms with Gasteiger partial charge in [-0.2, -0.15) is 0 Å². The molecule has 1 N–H and O–H groups in total. The number of hydrogen-bond donors (Lipinski definition) is 1. The van der Waals surface area contributed by atoms with Crippen molar-refractivity contribution in [3.63, 3.8) is 0 Å².